The van der Waals surface area contributed by atoms with Gasteiger partial charge in [0.2, 0.25) is 0 Å². The van der Waals surface area contributed by atoms with Crippen LogP contribution in [0.15, 0.2) is 12.2 Å². The third-order valence-corrected chi connectivity index (χ3v) is 4.15. The number of hydrogen-bond acceptors (Lipinski definition) is 6. The predicted octanol–water partition coefficient (Wildman–Crippen LogP) is 4.04. The summed E-state index contributed by atoms with van der Waals surface area (Å²) < 4.78 is 15.4. The Morgan fingerprint density at radius 3 is 2.31 bits per heavy atom. The van der Waals surface area contributed by atoms with Crippen LogP contribution in [0.4, 0.5) is 9.59 Å². The maximum atomic E-state index is 12.2. The predicted molar refractivity (Wildman–Crippen MR) is 112 cm³/mol. The lowest BCUT2D eigenvalue weighted by atomic mass is 10.0. The van der Waals surface area contributed by atoms with Gasteiger partial charge in [-0.25, -0.2) is 14.4 Å². The molecular formula is C21H38N2O6. The third kappa shape index (κ3) is 14.4. The van der Waals surface area contributed by atoms with Crippen LogP contribution in [0.3, 0.4) is 0 Å². The van der Waals surface area contributed by atoms with E-state index in [9.17, 15) is 14.4 Å². The summed E-state index contributed by atoms with van der Waals surface area (Å²) in [6, 6.07) is 0. The smallest absolute Gasteiger partial charge is 0.410 e. The molecule has 0 rings (SSSR count). The van der Waals surface area contributed by atoms with Crippen molar-refractivity contribution in [3.05, 3.63) is 12.2 Å². The number of amides is 2. The number of carbonyl (C=O) groups excluding carboxylic acids is 3. The van der Waals surface area contributed by atoms with Crippen LogP contribution in [0.5, 0.6) is 0 Å². The van der Waals surface area contributed by atoms with Gasteiger partial charge in [-0.2, -0.15) is 0 Å². The van der Waals surface area contributed by atoms with E-state index in [1.807, 2.05) is 13.8 Å². The molecule has 8 nitrogen and oxygen atoms in total. The van der Waals surface area contributed by atoms with Gasteiger partial charge in [0.05, 0.1) is 13.2 Å². The van der Waals surface area contributed by atoms with Crippen molar-refractivity contribution in [3.63, 3.8) is 0 Å². The highest BCUT2D eigenvalue weighted by molar-refractivity contribution is 5.86. The van der Waals surface area contributed by atoms with Crippen molar-refractivity contribution in [2.45, 2.75) is 71.8 Å². The zero-order valence-electron chi connectivity index (χ0n) is 18.7. The van der Waals surface area contributed by atoms with Crippen LogP contribution in [-0.2, 0) is 19.0 Å². The van der Waals surface area contributed by atoms with Crippen LogP contribution in [-0.4, -0.2) is 62.0 Å². The standard InChI is InChI=1S/C21H38N2O6/c1-7-27-19(25)22-14-10-8-9-11-15-23(6)20(26)29-21(4,5)13-12-16-28-18(24)17(2)3/h2,7-16H2,1,3-6H3,(H,22,25). The molecule has 0 saturated carbocycles. The molecule has 0 fully saturated rings. The first kappa shape index (κ1) is 26.8. The Kier molecular flexibility index (Phi) is 13.6. The SMILES string of the molecule is C=C(C)C(=O)OCCCC(C)(C)OC(=O)N(C)CCCCCCNC(=O)OCC. The molecule has 0 aromatic heterocycles. The lowest BCUT2D eigenvalue weighted by Gasteiger charge is -2.28. The van der Waals surface area contributed by atoms with Crippen LogP contribution in [0.2, 0.25) is 0 Å². The Morgan fingerprint density at radius 2 is 1.69 bits per heavy atom. The topological polar surface area (TPSA) is 94.2 Å². The van der Waals surface area contributed by atoms with Crippen molar-refractivity contribution < 1.29 is 28.6 Å². The van der Waals surface area contributed by atoms with Gasteiger partial charge in [0, 0.05) is 25.7 Å². The van der Waals surface area contributed by atoms with Gasteiger partial charge in [0.25, 0.3) is 0 Å². The average molecular weight is 415 g/mol. The Hall–Kier alpha value is -2.25. The Balaban J connectivity index is 3.89. The van der Waals surface area contributed by atoms with E-state index in [-0.39, 0.29) is 18.8 Å². The van der Waals surface area contributed by atoms with Gasteiger partial charge in [0.15, 0.2) is 0 Å². The summed E-state index contributed by atoms with van der Waals surface area (Å²) >= 11 is 0. The van der Waals surface area contributed by atoms with Gasteiger partial charge in [-0.05, 0) is 53.4 Å². The number of esters is 1. The molecule has 0 bridgehead atoms. The summed E-state index contributed by atoms with van der Waals surface area (Å²) in [4.78, 5) is 36.3. The molecule has 1 N–H and O–H groups in total. The van der Waals surface area contributed by atoms with Crippen molar-refractivity contribution in [2.75, 3.05) is 33.4 Å². The van der Waals surface area contributed by atoms with Gasteiger partial charge in [-0.15, -0.1) is 0 Å². The van der Waals surface area contributed by atoms with Crippen molar-refractivity contribution in [3.8, 4) is 0 Å². The van der Waals surface area contributed by atoms with Gasteiger partial charge in [0.1, 0.15) is 5.60 Å². The molecule has 0 aliphatic carbocycles. The fourth-order valence-corrected chi connectivity index (χ4v) is 2.44. The van der Waals surface area contributed by atoms with E-state index in [4.69, 9.17) is 14.2 Å². The Labute approximate surface area is 174 Å². The number of alkyl carbamates (subject to hydrolysis) is 1. The van der Waals surface area contributed by atoms with E-state index < -0.39 is 11.6 Å². The summed E-state index contributed by atoms with van der Waals surface area (Å²) in [6.07, 6.45) is 4.10. The molecule has 29 heavy (non-hydrogen) atoms. The summed E-state index contributed by atoms with van der Waals surface area (Å²) in [5.74, 6) is -0.406. The minimum Gasteiger partial charge on any atom is -0.462 e. The van der Waals surface area contributed by atoms with E-state index in [2.05, 4.69) is 11.9 Å². The fraction of sp³-hybridized carbons (Fsp3) is 0.762. The Morgan fingerprint density at radius 1 is 1.03 bits per heavy atom. The summed E-state index contributed by atoms with van der Waals surface area (Å²) in [7, 11) is 1.72. The zero-order chi connectivity index (χ0) is 22.3. The van der Waals surface area contributed by atoms with E-state index in [1.165, 1.54) is 0 Å². The van der Waals surface area contributed by atoms with Crippen molar-refractivity contribution in [2.24, 2.45) is 0 Å². The molecule has 0 aromatic carbocycles. The molecule has 0 atom stereocenters. The summed E-state index contributed by atoms with van der Waals surface area (Å²) in [6.45, 7) is 12.4. The lowest BCUT2D eigenvalue weighted by Crippen LogP contribution is -2.36. The number of rotatable bonds is 14. The first-order chi connectivity index (χ1) is 13.6. The first-order valence-corrected chi connectivity index (χ1v) is 10.3. The second-order valence-corrected chi connectivity index (χ2v) is 7.63. The fourth-order valence-electron chi connectivity index (χ4n) is 2.44. The monoisotopic (exact) mass is 414 g/mol. The van der Waals surface area contributed by atoms with Crippen molar-refractivity contribution in [1.82, 2.24) is 10.2 Å². The molecule has 0 aromatic rings. The number of nitrogens with zero attached hydrogens (tertiary/aromatic N) is 1. The van der Waals surface area contributed by atoms with Gasteiger partial charge >= 0.3 is 18.2 Å². The van der Waals surface area contributed by atoms with Gasteiger partial charge in [-0.3, -0.25) is 0 Å². The normalized spacial score (nSPS) is 10.8. The average Bonchev–Trinajstić information content (AvgIpc) is 2.63. The van der Waals surface area contributed by atoms with Crippen molar-refractivity contribution >= 4 is 18.2 Å². The largest absolute Gasteiger partial charge is 0.462 e. The van der Waals surface area contributed by atoms with Crippen LogP contribution in [0.25, 0.3) is 0 Å². The minimum atomic E-state index is -0.639. The molecule has 0 aliphatic heterocycles. The second kappa shape index (κ2) is 14.7. The number of carbonyl (C=O) groups is 3. The molecule has 0 spiro atoms. The van der Waals surface area contributed by atoms with Gasteiger partial charge < -0.3 is 24.4 Å². The lowest BCUT2D eigenvalue weighted by molar-refractivity contribution is -0.139. The number of unbranched alkanes of at least 4 members (excludes halogenated alkanes) is 3. The molecular weight excluding hydrogens is 376 g/mol. The minimum absolute atomic E-state index is 0.271. The van der Waals surface area contributed by atoms with Crippen LogP contribution < -0.4 is 5.32 Å². The molecule has 168 valence electrons. The van der Waals surface area contributed by atoms with Crippen LogP contribution >= 0.6 is 0 Å². The molecule has 2 amide bonds. The second-order valence-electron chi connectivity index (χ2n) is 7.63. The highest BCUT2D eigenvalue weighted by Crippen LogP contribution is 2.18. The number of hydrogen-bond donors (Lipinski definition) is 1. The van der Waals surface area contributed by atoms with Gasteiger partial charge in [-0.1, -0.05) is 19.4 Å². The van der Waals surface area contributed by atoms with E-state index in [0.29, 0.717) is 38.1 Å². The van der Waals surface area contributed by atoms with E-state index >= 15 is 0 Å². The highest BCUT2D eigenvalue weighted by atomic mass is 16.6. The maximum absolute atomic E-state index is 12.2. The molecule has 0 heterocycles. The number of ether oxygens (including phenoxy) is 3. The molecule has 0 unspecified atom stereocenters. The molecule has 8 heteroatoms. The molecule has 0 aliphatic rings. The quantitative estimate of drug-likeness (QED) is 0.199. The van der Waals surface area contributed by atoms with Crippen LogP contribution in [0, 0.1) is 0 Å². The number of nitrogens with one attached hydrogen (secondary N) is 1. The van der Waals surface area contributed by atoms with Crippen molar-refractivity contribution in [1.29, 1.82) is 0 Å². The zero-order valence-corrected chi connectivity index (χ0v) is 18.7. The Bertz CT molecular complexity index is 533. The molecule has 0 saturated heterocycles. The third-order valence-electron chi connectivity index (χ3n) is 4.15. The van der Waals surface area contributed by atoms with E-state index in [0.717, 1.165) is 25.7 Å². The summed E-state index contributed by atoms with van der Waals surface area (Å²) in [5.41, 5.74) is -0.271. The van der Waals surface area contributed by atoms with E-state index in [1.54, 1.807) is 25.8 Å². The van der Waals surface area contributed by atoms with Crippen LogP contribution in [0.1, 0.15) is 66.2 Å². The first-order valence-electron chi connectivity index (χ1n) is 10.3. The molecule has 0 radical (unpaired) electrons. The summed E-state index contributed by atoms with van der Waals surface area (Å²) in [5, 5.41) is 2.68. The highest BCUT2D eigenvalue weighted by Gasteiger charge is 2.24. The maximum Gasteiger partial charge on any atom is 0.410 e.